The largest absolute Gasteiger partial charge is 0.528 e. The Morgan fingerprint density at radius 3 is 2.28 bits per heavy atom. The summed E-state index contributed by atoms with van der Waals surface area (Å²) in [6.07, 6.45) is 0.241. The highest BCUT2D eigenvalue weighted by molar-refractivity contribution is 6.01. The number of esters is 1. The summed E-state index contributed by atoms with van der Waals surface area (Å²) in [6.45, 7) is 9.37. The first-order valence-corrected chi connectivity index (χ1v) is 12.0. The van der Waals surface area contributed by atoms with Crippen molar-refractivity contribution in [3.05, 3.63) is 29.8 Å². The molecule has 0 radical (unpaired) electrons. The molecule has 0 bridgehead atoms. The van der Waals surface area contributed by atoms with Crippen molar-refractivity contribution in [1.82, 2.24) is 10.4 Å². The zero-order chi connectivity index (χ0) is 26.7. The van der Waals surface area contributed by atoms with Gasteiger partial charge in [0.15, 0.2) is 12.4 Å². The molecule has 36 heavy (non-hydrogen) atoms. The van der Waals surface area contributed by atoms with Gasteiger partial charge in [0.2, 0.25) is 5.91 Å². The number of ketones is 1. The third-order valence-corrected chi connectivity index (χ3v) is 5.02. The summed E-state index contributed by atoms with van der Waals surface area (Å²) in [4.78, 5) is 53.2. The maximum atomic E-state index is 12.6. The highest BCUT2D eigenvalue weighted by Crippen LogP contribution is 2.16. The van der Waals surface area contributed by atoms with E-state index in [1.165, 1.54) is 5.06 Å². The molecule has 11 heteroatoms. The highest BCUT2D eigenvalue weighted by Gasteiger charge is 2.26. The molecule has 1 fully saturated rings. The zero-order valence-corrected chi connectivity index (χ0v) is 21.5. The molecule has 0 aromatic heterocycles. The number of piperidine rings is 1. The predicted molar refractivity (Wildman–Crippen MR) is 128 cm³/mol. The predicted octanol–water partition coefficient (Wildman–Crippen LogP) is 2.66. The van der Waals surface area contributed by atoms with Gasteiger partial charge in [-0.15, -0.1) is 5.06 Å². The lowest BCUT2D eigenvalue weighted by molar-refractivity contribution is -0.165. The maximum Gasteiger partial charge on any atom is 0.528 e. The summed E-state index contributed by atoms with van der Waals surface area (Å²) in [5.41, 5.74) is -0.238. The van der Waals surface area contributed by atoms with E-state index in [4.69, 9.17) is 23.8 Å². The van der Waals surface area contributed by atoms with Crippen LogP contribution in [0.2, 0.25) is 0 Å². The number of nitrogens with one attached hydrogen (secondary N) is 1. The van der Waals surface area contributed by atoms with Crippen LogP contribution in [0.4, 0.5) is 4.79 Å². The van der Waals surface area contributed by atoms with Crippen LogP contribution >= 0.6 is 0 Å². The Morgan fingerprint density at radius 2 is 1.69 bits per heavy atom. The normalized spacial score (nSPS) is 15.5. The van der Waals surface area contributed by atoms with E-state index in [1.807, 2.05) is 0 Å². The molecular formula is C25H36N2O9. The van der Waals surface area contributed by atoms with Crippen molar-refractivity contribution in [3.8, 4) is 5.75 Å². The Bertz CT molecular complexity index is 888. The molecule has 1 heterocycles. The van der Waals surface area contributed by atoms with E-state index in [9.17, 15) is 19.2 Å². The van der Waals surface area contributed by atoms with Crippen molar-refractivity contribution in [1.29, 1.82) is 0 Å². The number of Topliss-reactive ketones (excluding diaryl/α,β-unsaturated/α-hetero) is 1. The second kappa shape index (κ2) is 13.8. The van der Waals surface area contributed by atoms with Crippen molar-refractivity contribution in [3.63, 3.8) is 0 Å². The Kier molecular flexibility index (Phi) is 11.1. The number of nitrogens with zero attached hydrogens (tertiary/aromatic N) is 1. The van der Waals surface area contributed by atoms with Crippen molar-refractivity contribution >= 4 is 23.8 Å². The van der Waals surface area contributed by atoms with Crippen LogP contribution in [-0.2, 0) is 28.6 Å². The molecule has 200 valence electrons. The number of amides is 1. The number of hydrogen-bond acceptors (Lipinski definition) is 10. The molecule has 11 nitrogen and oxygen atoms in total. The number of ether oxygens (including phenoxy) is 4. The average molecular weight is 509 g/mol. The maximum absolute atomic E-state index is 12.6. The number of rotatable bonds is 11. The molecule has 2 rings (SSSR count). The highest BCUT2D eigenvalue weighted by atomic mass is 16.8. The van der Waals surface area contributed by atoms with Crippen LogP contribution in [0.25, 0.3) is 0 Å². The van der Waals surface area contributed by atoms with Gasteiger partial charge >= 0.3 is 12.1 Å². The lowest BCUT2D eigenvalue weighted by Gasteiger charge is -2.30. The van der Waals surface area contributed by atoms with Crippen LogP contribution in [0.3, 0.4) is 0 Å². The number of carbonyl (C=O) groups is 4. The molecule has 1 saturated heterocycles. The van der Waals surface area contributed by atoms with Gasteiger partial charge in [0.25, 0.3) is 0 Å². The van der Waals surface area contributed by atoms with E-state index >= 15 is 0 Å². The summed E-state index contributed by atoms with van der Waals surface area (Å²) >= 11 is 0. The summed E-state index contributed by atoms with van der Waals surface area (Å²) in [5.74, 6) is -0.728. The molecule has 1 amide bonds. The van der Waals surface area contributed by atoms with Crippen LogP contribution in [0.5, 0.6) is 5.75 Å². The third kappa shape index (κ3) is 10.6. The fraction of sp³-hybridized carbons (Fsp3) is 0.600. The molecule has 1 aromatic carbocycles. The Morgan fingerprint density at radius 1 is 1.06 bits per heavy atom. The molecule has 0 aliphatic carbocycles. The quantitative estimate of drug-likeness (QED) is 0.352. The molecule has 0 saturated carbocycles. The van der Waals surface area contributed by atoms with Gasteiger partial charge in [-0.25, -0.2) is 9.59 Å². The zero-order valence-electron chi connectivity index (χ0n) is 21.5. The lowest BCUT2D eigenvalue weighted by Crippen LogP contribution is -2.43. The summed E-state index contributed by atoms with van der Waals surface area (Å²) in [5, 5.41) is 4.16. The lowest BCUT2D eigenvalue weighted by atomic mass is 10.1. The van der Waals surface area contributed by atoms with Gasteiger partial charge in [-0.3, -0.25) is 9.59 Å². The first kappa shape index (κ1) is 29.1. The second-order valence-corrected chi connectivity index (χ2v) is 9.27. The fourth-order valence-electron chi connectivity index (χ4n) is 3.32. The Labute approximate surface area is 211 Å². The minimum absolute atomic E-state index is 0.164. The van der Waals surface area contributed by atoms with Gasteiger partial charge in [0.1, 0.15) is 18.0 Å². The van der Waals surface area contributed by atoms with E-state index in [0.717, 1.165) is 0 Å². The molecule has 0 spiro atoms. The molecule has 1 aliphatic rings. The third-order valence-electron chi connectivity index (χ3n) is 5.02. The number of carbonyl (C=O) groups excluding carboxylic acids is 4. The van der Waals surface area contributed by atoms with Crippen LogP contribution in [-0.4, -0.2) is 79.5 Å². The van der Waals surface area contributed by atoms with E-state index in [0.29, 0.717) is 37.2 Å². The molecule has 0 unspecified atom stereocenters. The van der Waals surface area contributed by atoms with Crippen LogP contribution in [0.1, 0.15) is 57.8 Å². The van der Waals surface area contributed by atoms with Crippen molar-refractivity contribution in [2.75, 3.05) is 32.9 Å². The van der Waals surface area contributed by atoms with Gasteiger partial charge in [-0.05, 0) is 71.7 Å². The van der Waals surface area contributed by atoms with E-state index < -0.39 is 29.7 Å². The summed E-state index contributed by atoms with van der Waals surface area (Å²) in [6, 6.07) is 5.52. The Balaban J connectivity index is 1.69. The number of hydroxylamine groups is 2. The molecule has 1 aliphatic heterocycles. The van der Waals surface area contributed by atoms with Gasteiger partial charge in [0.05, 0.1) is 18.8 Å². The first-order valence-electron chi connectivity index (χ1n) is 12.0. The van der Waals surface area contributed by atoms with Gasteiger partial charge < -0.3 is 29.1 Å². The van der Waals surface area contributed by atoms with Gasteiger partial charge in [-0.1, -0.05) is 0 Å². The molecule has 1 aromatic rings. The fourth-order valence-corrected chi connectivity index (χ4v) is 3.32. The molecule has 1 N–H and O–H groups in total. The Hall–Kier alpha value is -3.18. The standard InChI is InChI=1S/C25H36N2O9/c1-6-32-22(29)16-34-19-9-7-18(8-10-19)23(30)17(2)26-21(28)15-33-20-11-13-27(14-12-20)36-24(31)35-25(3,4)5/h7-10,17,20H,6,11-16H2,1-5H3,(H,26,28)/t17-/m0/s1. The second-order valence-electron chi connectivity index (χ2n) is 9.27. The van der Waals surface area contributed by atoms with Crippen molar-refractivity contribution in [2.24, 2.45) is 0 Å². The summed E-state index contributed by atoms with van der Waals surface area (Å²) < 4.78 is 20.9. The number of benzene rings is 1. The summed E-state index contributed by atoms with van der Waals surface area (Å²) in [7, 11) is 0. The SMILES string of the molecule is CCOC(=O)COc1ccc(C(=O)[C@H](C)NC(=O)COC2CCN(OC(=O)OC(C)(C)C)CC2)cc1. The topological polar surface area (TPSA) is 130 Å². The van der Waals surface area contributed by atoms with E-state index in [2.05, 4.69) is 5.32 Å². The van der Waals surface area contributed by atoms with E-state index in [-0.39, 0.29) is 31.7 Å². The monoisotopic (exact) mass is 508 g/mol. The molecular weight excluding hydrogens is 472 g/mol. The van der Waals surface area contributed by atoms with Gasteiger partial charge in [-0.2, -0.15) is 0 Å². The smallest absolute Gasteiger partial charge is 0.482 e. The minimum atomic E-state index is -0.753. The van der Waals surface area contributed by atoms with Gasteiger partial charge in [0, 0.05) is 18.7 Å². The van der Waals surface area contributed by atoms with Crippen LogP contribution in [0, 0.1) is 0 Å². The molecule has 1 atom stereocenters. The number of hydrogen-bond donors (Lipinski definition) is 1. The van der Waals surface area contributed by atoms with Crippen molar-refractivity contribution < 1.29 is 43.0 Å². The van der Waals surface area contributed by atoms with E-state index in [1.54, 1.807) is 58.9 Å². The average Bonchev–Trinajstić information content (AvgIpc) is 2.81. The minimum Gasteiger partial charge on any atom is -0.482 e. The van der Waals surface area contributed by atoms with Crippen molar-refractivity contribution in [2.45, 2.75) is 65.2 Å². The van der Waals surface area contributed by atoms with Crippen LogP contribution in [0.15, 0.2) is 24.3 Å². The van der Waals surface area contributed by atoms with Crippen LogP contribution < -0.4 is 10.1 Å². The first-order chi connectivity index (χ1) is 17.0.